The predicted molar refractivity (Wildman–Crippen MR) is 70.2 cm³/mol. The van der Waals surface area contributed by atoms with Crippen LogP contribution in [0.3, 0.4) is 0 Å². The number of nitrogens with zero attached hydrogens (tertiary/aromatic N) is 1. The summed E-state index contributed by atoms with van der Waals surface area (Å²) in [5.41, 5.74) is 0.453. The first-order valence-electron chi connectivity index (χ1n) is 5.75. The van der Waals surface area contributed by atoms with Crippen molar-refractivity contribution >= 4 is 12.4 Å². The van der Waals surface area contributed by atoms with E-state index >= 15 is 0 Å². The second-order valence-electron chi connectivity index (χ2n) is 4.20. The Hall–Kier alpha value is -1.04. The summed E-state index contributed by atoms with van der Waals surface area (Å²) in [6.45, 7) is 2.54. The molecular weight excluding hydrogens is 259 g/mol. The summed E-state index contributed by atoms with van der Waals surface area (Å²) in [7, 11) is 0. The van der Waals surface area contributed by atoms with E-state index in [4.69, 9.17) is 0 Å². The highest BCUT2D eigenvalue weighted by molar-refractivity contribution is 5.85. The van der Waals surface area contributed by atoms with Crippen LogP contribution < -0.4 is 5.32 Å². The molecule has 0 aromatic heterocycles. The quantitative estimate of drug-likeness (QED) is 0.731. The van der Waals surface area contributed by atoms with Crippen LogP contribution in [0.15, 0.2) is 18.2 Å². The molecule has 1 aliphatic rings. The van der Waals surface area contributed by atoms with Gasteiger partial charge in [0.2, 0.25) is 0 Å². The van der Waals surface area contributed by atoms with Gasteiger partial charge in [0.05, 0.1) is 6.04 Å². The fourth-order valence-corrected chi connectivity index (χ4v) is 2.18. The first kappa shape index (κ1) is 15.0. The zero-order chi connectivity index (χ0) is 12.3. The van der Waals surface area contributed by atoms with E-state index in [1.54, 1.807) is 0 Å². The topological polar surface area (TPSA) is 55.7 Å². The molecular formula is C12H18ClFN2O2. The van der Waals surface area contributed by atoms with Crippen molar-refractivity contribution in [2.45, 2.75) is 6.04 Å². The van der Waals surface area contributed by atoms with Crippen LogP contribution in [-0.4, -0.2) is 48.0 Å². The summed E-state index contributed by atoms with van der Waals surface area (Å²) in [6.07, 6.45) is 0. The van der Waals surface area contributed by atoms with Gasteiger partial charge in [-0.05, 0) is 18.2 Å². The van der Waals surface area contributed by atoms with E-state index in [-0.39, 0.29) is 23.9 Å². The Balaban J connectivity index is 0.00000162. The summed E-state index contributed by atoms with van der Waals surface area (Å²) < 4.78 is 13.2. The number of phenols is 2. The maximum absolute atomic E-state index is 13.2. The number of alkyl halides is 1. The molecule has 18 heavy (non-hydrogen) atoms. The number of hydrogen-bond donors (Lipinski definition) is 3. The zero-order valence-corrected chi connectivity index (χ0v) is 10.8. The SMILES string of the molecule is Cl.Oc1ccc(O)c([C@H](CF)N2CCNCC2)c1. The largest absolute Gasteiger partial charge is 0.508 e. The van der Waals surface area contributed by atoms with Gasteiger partial charge in [0.25, 0.3) is 0 Å². The molecule has 0 spiro atoms. The Morgan fingerprint density at radius 3 is 2.56 bits per heavy atom. The van der Waals surface area contributed by atoms with Crippen molar-refractivity contribution in [2.75, 3.05) is 32.9 Å². The molecule has 1 aliphatic heterocycles. The molecule has 1 saturated heterocycles. The summed E-state index contributed by atoms with van der Waals surface area (Å²) in [6, 6.07) is 3.74. The number of phenolic OH excluding ortho intramolecular Hbond substituents is 2. The minimum absolute atomic E-state index is 0. The van der Waals surface area contributed by atoms with E-state index in [0.717, 1.165) is 26.2 Å². The third kappa shape index (κ3) is 3.25. The average molecular weight is 277 g/mol. The highest BCUT2D eigenvalue weighted by Gasteiger charge is 2.24. The molecule has 1 fully saturated rings. The van der Waals surface area contributed by atoms with Crippen molar-refractivity contribution < 1.29 is 14.6 Å². The molecule has 1 atom stereocenters. The van der Waals surface area contributed by atoms with E-state index < -0.39 is 12.7 Å². The molecule has 0 saturated carbocycles. The second kappa shape index (κ2) is 6.78. The van der Waals surface area contributed by atoms with Crippen molar-refractivity contribution in [3.63, 3.8) is 0 Å². The normalized spacial score (nSPS) is 18.1. The smallest absolute Gasteiger partial charge is 0.120 e. The lowest BCUT2D eigenvalue weighted by Gasteiger charge is -2.33. The maximum atomic E-state index is 13.2. The van der Waals surface area contributed by atoms with Crippen molar-refractivity contribution in [1.82, 2.24) is 10.2 Å². The Kier molecular flexibility index (Phi) is 5.65. The van der Waals surface area contributed by atoms with Gasteiger partial charge >= 0.3 is 0 Å². The van der Waals surface area contributed by atoms with Gasteiger partial charge in [0.15, 0.2) is 0 Å². The molecule has 0 radical (unpaired) electrons. The third-order valence-corrected chi connectivity index (χ3v) is 3.11. The van der Waals surface area contributed by atoms with Gasteiger partial charge in [-0.3, -0.25) is 4.90 Å². The highest BCUT2D eigenvalue weighted by atomic mass is 35.5. The molecule has 2 rings (SSSR count). The van der Waals surface area contributed by atoms with Crippen LogP contribution in [0, 0.1) is 0 Å². The van der Waals surface area contributed by atoms with Gasteiger partial charge in [-0.15, -0.1) is 12.4 Å². The molecule has 0 aliphatic carbocycles. The molecule has 4 nitrogen and oxygen atoms in total. The molecule has 0 unspecified atom stereocenters. The first-order chi connectivity index (χ1) is 8.22. The van der Waals surface area contributed by atoms with Crippen molar-refractivity contribution in [3.05, 3.63) is 23.8 Å². The fourth-order valence-electron chi connectivity index (χ4n) is 2.18. The van der Waals surface area contributed by atoms with Crippen LogP contribution in [0.1, 0.15) is 11.6 Å². The van der Waals surface area contributed by atoms with Crippen LogP contribution in [-0.2, 0) is 0 Å². The van der Waals surface area contributed by atoms with Gasteiger partial charge in [-0.1, -0.05) is 0 Å². The Labute approximate surface area is 112 Å². The number of piperazine rings is 1. The summed E-state index contributed by atoms with van der Waals surface area (Å²) in [5, 5.41) is 22.4. The van der Waals surface area contributed by atoms with Gasteiger partial charge < -0.3 is 15.5 Å². The number of nitrogens with one attached hydrogen (secondary N) is 1. The first-order valence-corrected chi connectivity index (χ1v) is 5.75. The van der Waals surface area contributed by atoms with Gasteiger partial charge in [0, 0.05) is 31.7 Å². The lowest BCUT2D eigenvalue weighted by molar-refractivity contribution is 0.145. The van der Waals surface area contributed by atoms with Gasteiger partial charge in [-0.25, -0.2) is 4.39 Å². The zero-order valence-electron chi connectivity index (χ0n) is 9.97. The number of halogens is 2. The third-order valence-electron chi connectivity index (χ3n) is 3.11. The average Bonchev–Trinajstić information content (AvgIpc) is 2.36. The van der Waals surface area contributed by atoms with E-state index in [1.807, 2.05) is 4.90 Å². The minimum Gasteiger partial charge on any atom is -0.508 e. The van der Waals surface area contributed by atoms with Crippen molar-refractivity contribution in [2.24, 2.45) is 0 Å². The van der Waals surface area contributed by atoms with Crippen LogP contribution in [0.2, 0.25) is 0 Å². The standard InChI is InChI=1S/C12H17FN2O2.ClH/c13-8-11(15-5-3-14-4-6-15)10-7-9(16)1-2-12(10)17;/h1-2,7,11,14,16-17H,3-6,8H2;1H/t11-;/m0./s1. The van der Waals surface area contributed by atoms with E-state index in [9.17, 15) is 14.6 Å². The lowest BCUT2D eigenvalue weighted by atomic mass is 10.0. The monoisotopic (exact) mass is 276 g/mol. The highest BCUT2D eigenvalue weighted by Crippen LogP contribution is 2.32. The van der Waals surface area contributed by atoms with Crippen molar-refractivity contribution in [1.29, 1.82) is 0 Å². The fraction of sp³-hybridized carbons (Fsp3) is 0.500. The molecule has 6 heteroatoms. The number of hydrogen-bond acceptors (Lipinski definition) is 4. The minimum atomic E-state index is -0.572. The van der Waals surface area contributed by atoms with E-state index in [1.165, 1.54) is 18.2 Å². The number of benzene rings is 1. The molecule has 3 N–H and O–H groups in total. The van der Waals surface area contributed by atoms with E-state index in [0.29, 0.717) is 5.56 Å². The maximum Gasteiger partial charge on any atom is 0.120 e. The molecule has 1 aromatic carbocycles. The molecule has 1 heterocycles. The summed E-state index contributed by atoms with van der Waals surface area (Å²) in [5.74, 6) is 0.0790. The Bertz CT molecular complexity index is 386. The molecule has 0 amide bonds. The predicted octanol–water partition coefficient (Wildman–Crippen LogP) is 1.44. The second-order valence-corrected chi connectivity index (χ2v) is 4.20. The van der Waals surface area contributed by atoms with Crippen molar-refractivity contribution in [3.8, 4) is 11.5 Å². The van der Waals surface area contributed by atoms with Crippen LogP contribution >= 0.6 is 12.4 Å². The lowest BCUT2D eigenvalue weighted by Crippen LogP contribution is -2.45. The van der Waals surface area contributed by atoms with Crippen LogP contribution in [0.5, 0.6) is 11.5 Å². The van der Waals surface area contributed by atoms with Crippen LogP contribution in [0.25, 0.3) is 0 Å². The van der Waals surface area contributed by atoms with Gasteiger partial charge in [0.1, 0.15) is 18.2 Å². The molecule has 1 aromatic rings. The number of aromatic hydroxyl groups is 2. The molecule has 102 valence electrons. The van der Waals surface area contributed by atoms with Gasteiger partial charge in [-0.2, -0.15) is 0 Å². The Morgan fingerprint density at radius 1 is 1.28 bits per heavy atom. The number of rotatable bonds is 3. The summed E-state index contributed by atoms with van der Waals surface area (Å²) >= 11 is 0. The Morgan fingerprint density at radius 2 is 1.94 bits per heavy atom. The summed E-state index contributed by atoms with van der Waals surface area (Å²) in [4.78, 5) is 1.98. The van der Waals surface area contributed by atoms with Crippen LogP contribution in [0.4, 0.5) is 4.39 Å². The van der Waals surface area contributed by atoms with E-state index in [2.05, 4.69) is 5.32 Å². The molecule has 0 bridgehead atoms.